The van der Waals surface area contributed by atoms with Crippen LogP contribution in [0.2, 0.25) is 0 Å². The van der Waals surface area contributed by atoms with Crippen molar-refractivity contribution in [2.45, 2.75) is 18.9 Å². The standard InChI is InChI=1S/C22H22N6S2/c1-2-4-20-19(3-1)28-21(30-20)24-10-9-15-5-7-16(8-6-15)26-22-27-18(13-29-22)11-17-12-23-14-25-17/h1-8,12,14,18H,9-11,13H2,(H,23,25)(H,24,28)(H,26,27)/t18-/m0/s1. The zero-order chi connectivity index (χ0) is 20.2. The third-order valence-electron chi connectivity index (χ3n) is 4.91. The lowest BCUT2D eigenvalue weighted by Gasteiger charge is -2.07. The zero-order valence-electron chi connectivity index (χ0n) is 16.3. The van der Waals surface area contributed by atoms with E-state index in [0.29, 0.717) is 6.04 Å². The average molecular weight is 435 g/mol. The smallest absolute Gasteiger partial charge is 0.183 e. The Bertz CT molecular complexity index is 1100. The fourth-order valence-corrected chi connectivity index (χ4v) is 5.23. The van der Waals surface area contributed by atoms with Gasteiger partial charge in [0.1, 0.15) is 0 Å². The van der Waals surface area contributed by atoms with Crippen LogP contribution >= 0.6 is 23.1 Å². The first-order valence-electron chi connectivity index (χ1n) is 9.95. The molecule has 8 heteroatoms. The number of thioether (sulfide) groups is 1. The molecule has 0 aliphatic carbocycles. The van der Waals surface area contributed by atoms with Gasteiger partial charge in [-0.05, 0) is 36.2 Å². The van der Waals surface area contributed by atoms with Gasteiger partial charge in [-0.1, -0.05) is 47.4 Å². The molecule has 1 aliphatic rings. The van der Waals surface area contributed by atoms with E-state index in [9.17, 15) is 0 Å². The van der Waals surface area contributed by atoms with Crippen LogP contribution in [0.25, 0.3) is 10.2 Å². The molecule has 5 rings (SSSR count). The third kappa shape index (κ3) is 4.66. The average Bonchev–Trinajstić information content (AvgIpc) is 3.51. The first kappa shape index (κ1) is 19.1. The minimum Gasteiger partial charge on any atom is -0.361 e. The van der Waals surface area contributed by atoms with Gasteiger partial charge >= 0.3 is 0 Å². The molecule has 0 radical (unpaired) electrons. The first-order chi connectivity index (χ1) is 14.8. The number of benzene rings is 2. The number of aromatic nitrogens is 3. The Hall–Kier alpha value is -2.84. The Kier molecular flexibility index (Phi) is 5.67. The summed E-state index contributed by atoms with van der Waals surface area (Å²) in [6.45, 7) is 0.866. The van der Waals surface area contributed by atoms with Crippen LogP contribution < -0.4 is 10.6 Å². The molecule has 1 atom stereocenters. The number of H-pyrrole nitrogens is 1. The van der Waals surface area contributed by atoms with Crippen LogP contribution in [0.15, 0.2) is 66.0 Å². The molecular weight excluding hydrogens is 412 g/mol. The van der Waals surface area contributed by atoms with Crippen molar-refractivity contribution >= 4 is 49.3 Å². The summed E-state index contributed by atoms with van der Waals surface area (Å²) in [5.74, 6) is 0.997. The summed E-state index contributed by atoms with van der Waals surface area (Å²) in [5, 5.41) is 8.85. The minimum atomic E-state index is 0.297. The number of hydrogen-bond acceptors (Lipinski definition) is 7. The van der Waals surface area contributed by atoms with Gasteiger partial charge < -0.3 is 15.6 Å². The molecule has 0 spiro atoms. The summed E-state index contributed by atoms with van der Waals surface area (Å²) < 4.78 is 1.22. The lowest BCUT2D eigenvalue weighted by Crippen LogP contribution is -2.09. The number of aliphatic imine (C=N–C) groups is 1. The van der Waals surface area contributed by atoms with Crippen molar-refractivity contribution in [1.29, 1.82) is 0 Å². The Morgan fingerprint density at radius 1 is 1.10 bits per heavy atom. The predicted octanol–water partition coefficient (Wildman–Crippen LogP) is 4.80. The summed E-state index contributed by atoms with van der Waals surface area (Å²) in [6.07, 6.45) is 5.45. The predicted molar refractivity (Wildman–Crippen MR) is 128 cm³/mol. The van der Waals surface area contributed by atoms with Gasteiger partial charge in [-0.2, -0.15) is 0 Å². The summed E-state index contributed by atoms with van der Waals surface area (Å²) in [6, 6.07) is 17.1. The highest BCUT2D eigenvalue weighted by Crippen LogP contribution is 2.25. The van der Waals surface area contributed by atoms with Gasteiger partial charge in [-0.3, -0.25) is 4.99 Å². The van der Waals surface area contributed by atoms with Crippen LogP contribution in [0.4, 0.5) is 10.8 Å². The number of hydrogen-bond donors (Lipinski definition) is 3. The Balaban J connectivity index is 1.11. The van der Waals surface area contributed by atoms with Gasteiger partial charge in [0.05, 0.1) is 22.6 Å². The summed E-state index contributed by atoms with van der Waals surface area (Å²) in [7, 11) is 0. The molecule has 1 aliphatic heterocycles. The number of fused-ring (bicyclic) bond motifs is 1. The maximum Gasteiger partial charge on any atom is 0.183 e. The molecule has 4 aromatic rings. The monoisotopic (exact) mass is 434 g/mol. The molecule has 0 bridgehead atoms. The summed E-state index contributed by atoms with van der Waals surface area (Å²) >= 11 is 3.47. The van der Waals surface area contributed by atoms with E-state index in [1.165, 1.54) is 10.3 Å². The number of amidine groups is 1. The highest BCUT2D eigenvalue weighted by atomic mass is 32.2. The number of imidazole rings is 1. The number of nitrogens with zero attached hydrogens (tertiary/aromatic N) is 3. The minimum absolute atomic E-state index is 0.297. The fraction of sp³-hybridized carbons (Fsp3) is 0.227. The summed E-state index contributed by atoms with van der Waals surface area (Å²) in [4.78, 5) is 16.6. The largest absolute Gasteiger partial charge is 0.361 e. The van der Waals surface area contributed by atoms with E-state index in [4.69, 9.17) is 4.99 Å². The number of thiazole rings is 1. The van der Waals surface area contributed by atoms with E-state index in [2.05, 4.69) is 68.1 Å². The van der Waals surface area contributed by atoms with E-state index < -0.39 is 0 Å². The molecule has 0 fully saturated rings. The van der Waals surface area contributed by atoms with Crippen LogP contribution in [0.3, 0.4) is 0 Å². The SMILES string of the molecule is c1ccc2sc(NCCc3ccc(NC4=N[C@@H](Cc5cnc[nH]5)CS4)cc3)nc2c1. The van der Waals surface area contributed by atoms with Gasteiger partial charge in [-0.15, -0.1) is 0 Å². The van der Waals surface area contributed by atoms with Crippen molar-refractivity contribution in [3.05, 3.63) is 72.3 Å². The third-order valence-corrected chi connectivity index (χ3v) is 6.94. The molecule has 6 nitrogen and oxygen atoms in total. The van der Waals surface area contributed by atoms with Crippen LogP contribution in [0.1, 0.15) is 11.3 Å². The lowest BCUT2D eigenvalue weighted by molar-refractivity contribution is 0.748. The molecular formula is C22H22N6S2. The summed E-state index contributed by atoms with van der Waals surface area (Å²) in [5.41, 5.74) is 4.56. The topological polar surface area (TPSA) is 78.0 Å². The highest BCUT2D eigenvalue weighted by Gasteiger charge is 2.19. The maximum absolute atomic E-state index is 4.79. The Labute approximate surface area is 183 Å². The van der Waals surface area contributed by atoms with Gasteiger partial charge in [0.15, 0.2) is 10.3 Å². The zero-order valence-corrected chi connectivity index (χ0v) is 18.0. The number of para-hydroxylation sites is 1. The van der Waals surface area contributed by atoms with E-state index in [-0.39, 0.29) is 0 Å². The van der Waals surface area contributed by atoms with Crippen molar-refractivity contribution in [2.75, 3.05) is 22.9 Å². The van der Waals surface area contributed by atoms with Crippen LogP contribution in [0.5, 0.6) is 0 Å². The van der Waals surface area contributed by atoms with Gasteiger partial charge in [0.25, 0.3) is 0 Å². The lowest BCUT2D eigenvalue weighted by atomic mass is 10.1. The molecule has 0 saturated heterocycles. The van der Waals surface area contributed by atoms with Crippen molar-refractivity contribution < 1.29 is 0 Å². The number of aromatic amines is 1. The van der Waals surface area contributed by atoms with Gasteiger partial charge in [-0.25, -0.2) is 9.97 Å². The van der Waals surface area contributed by atoms with Gasteiger partial charge in [0.2, 0.25) is 0 Å². The van der Waals surface area contributed by atoms with E-state index in [1.54, 1.807) is 29.4 Å². The molecule has 0 unspecified atom stereocenters. The van der Waals surface area contributed by atoms with E-state index in [1.807, 2.05) is 12.3 Å². The normalized spacial score (nSPS) is 16.0. The molecule has 3 heterocycles. The maximum atomic E-state index is 4.79. The van der Waals surface area contributed by atoms with Crippen molar-refractivity contribution in [3.8, 4) is 0 Å². The molecule has 2 aromatic heterocycles. The van der Waals surface area contributed by atoms with Crippen LogP contribution in [0, 0.1) is 0 Å². The fourth-order valence-electron chi connectivity index (χ4n) is 3.38. The molecule has 3 N–H and O–H groups in total. The van der Waals surface area contributed by atoms with Gasteiger partial charge in [0, 0.05) is 36.3 Å². The first-order valence-corrected chi connectivity index (χ1v) is 11.8. The molecule has 2 aromatic carbocycles. The number of anilines is 2. The van der Waals surface area contributed by atoms with E-state index in [0.717, 1.165) is 52.3 Å². The molecule has 0 amide bonds. The van der Waals surface area contributed by atoms with Crippen molar-refractivity contribution in [3.63, 3.8) is 0 Å². The Morgan fingerprint density at radius 3 is 2.83 bits per heavy atom. The second-order valence-corrected chi connectivity index (χ2v) is 9.20. The second-order valence-electron chi connectivity index (χ2n) is 7.17. The van der Waals surface area contributed by atoms with E-state index >= 15 is 0 Å². The molecule has 30 heavy (non-hydrogen) atoms. The number of nitrogens with one attached hydrogen (secondary N) is 3. The van der Waals surface area contributed by atoms with Crippen LogP contribution in [-0.4, -0.2) is 38.5 Å². The highest BCUT2D eigenvalue weighted by molar-refractivity contribution is 8.14. The number of rotatable bonds is 7. The molecule has 152 valence electrons. The van der Waals surface area contributed by atoms with Crippen molar-refractivity contribution in [1.82, 2.24) is 15.0 Å². The molecule has 0 saturated carbocycles. The quantitative estimate of drug-likeness (QED) is 0.389. The van der Waals surface area contributed by atoms with Crippen LogP contribution in [-0.2, 0) is 12.8 Å². The van der Waals surface area contributed by atoms with Crippen molar-refractivity contribution in [2.24, 2.45) is 4.99 Å². The second kappa shape index (κ2) is 8.89. The Morgan fingerprint density at radius 2 is 2.00 bits per heavy atom.